The molecule has 15 heavy (non-hydrogen) atoms. The van der Waals surface area contributed by atoms with Gasteiger partial charge in [0.25, 0.3) is 0 Å². The fraction of sp³-hybridized carbons (Fsp3) is 0.0833. The zero-order valence-corrected chi connectivity index (χ0v) is 9.04. The Balaban J connectivity index is 2.43. The first-order chi connectivity index (χ1) is 7.38. The van der Waals surface area contributed by atoms with Gasteiger partial charge in [0.15, 0.2) is 0 Å². The maximum Gasteiger partial charge on any atom is 0.120 e. The van der Waals surface area contributed by atoms with E-state index < -0.39 is 0 Å². The summed E-state index contributed by atoms with van der Waals surface area (Å²) in [7, 11) is 1.69. The molecule has 0 bridgehead atoms. The lowest BCUT2D eigenvalue weighted by molar-refractivity contribution is 0.415. The van der Waals surface area contributed by atoms with Crippen molar-refractivity contribution < 1.29 is 4.74 Å². The van der Waals surface area contributed by atoms with Crippen LogP contribution in [0.15, 0.2) is 36.7 Å². The van der Waals surface area contributed by atoms with Gasteiger partial charge in [-0.25, -0.2) is 0 Å². The van der Waals surface area contributed by atoms with E-state index in [1.54, 1.807) is 18.4 Å². The normalized spacial score (nSPS) is 11.0. The second-order valence-corrected chi connectivity index (χ2v) is 4.42. The molecule has 2 aromatic heterocycles. The predicted octanol–water partition coefficient (Wildman–Crippen LogP) is 3.46. The zero-order chi connectivity index (χ0) is 10.3. The van der Waals surface area contributed by atoms with E-state index in [0.29, 0.717) is 0 Å². The standard InChI is InChI=1S/C12H9NOS/c1-14-8-2-3-9-10-4-5-13-7-12(10)15-11(9)6-8/h2-7H,1H3. The lowest BCUT2D eigenvalue weighted by atomic mass is 10.2. The van der Waals surface area contributed by atoms with Gasteiger partial charge in [0.1, 0.15) is 5.75 Å². The number of hydrogen-bond acceptors (Lipinski definition) is 3. The molecule has 0 amide bonds. The van der Waals surface area contributed by atoms with Gasteiger partial charge in [-0.2, -0.15) is 0 Å². The van der Waals surface area contributed by atoms with Crippen LogP contribution in [0.2, 0.25) is 0 Å². The second kappa shape index (κ2) is 3.21. The smallest absolute Gasteiger partial charge is 0.120 e. The van der Waals surface area contributed by atoms with E-state index in [1.807, 2.05) is 18.5 Å². The number of rotatable bonds is 1. The van der Waals surface area contributed by atoms with Crippen molar-refractivity contribution in [3.8, 4) is 5.75 Å². The van der Waals surface area contributed by atoms with E-state index in [-0.39, 0.29) is 0 Å². The minimum atomic E-state index is 0.905. The van der Waals surface area contributed by atoms with Gasteiger partial charge < -0.3 is 4.74 Å². The molecule has 1 aromatic carbocycles. The average molecular weight is 215 g/mol. The van der Waals surface area contributed by atoms with E-state index in [1.165, 1.54) is 20.2 Å². The van der Waals surface area contributed by atoms with Gasteiger partial charge in [-0.3, -0.25) is 4.98 Å². The molecule has 0 atom stereocenters. The Morgan fingerprint density at radius 2 is 2.00 bits per heavy atom. The molecule has 0 spiro atoms. The molecule has 0 fully saturated rings. The van der Waals surface area contributed by atoms with Crippen LogP contribution < -0.4 is 4.74 Å². The van der Waals surface area contributed by atoms with Gasteiger partial charge in [-0.15, -0.1) is 11.3 Å². The number of ether oxygens (including phenoxy) is 1. The molecular weight excluding hydrogens is 206 g/mol. The van der Waals surface area contributed by atoms with Crippen molar-refractivity contribution in [2.75, 3.05) is 7.11 Å². The van der Waals surface area contributed by atoms with Crippen LogP contribution in [0.4, 0.5) is 0 Å². The average Bonchev–Trinajstić information content (AvgIpc) is 2.66. The maximum atomic E-state index is 5.21. The number of thiophene rings is 1. The third-order valence-corrected chi connectivity index (χ3v) is 3.59. The Kier molecular flexibility index (Phi) is 1.86. The fourth-order valence-electron chi connectivity index (χ4n) is 1.74. The fourth-order valence-corrected chi connectivity index (χ4v) is 2.84. The van der Waals surface area contributed by atoms with Crippen molar-refractivity contribution in [3.05, 3.63) is 36.7 Å². The van der Waals surface area contributed by atoms with Crippen LogP contribution in [0.25, 0.3) is 20.2 Å². The third kappa shape index (κ3) is 1.27. The summed E-state index contributed by atoms with van der Waals surface area (Å²) in [4.78, 5) is 4.13. The Labute approximate surface area is 91.1 Å². The highest BCUT2D eigenvalue weighted by molar-refractivity contribution is 7.25. The molecule has 0 aliphatic carbocycles. The first-order valence-electron chi connectivity index (χ1n) is 4.69. The number of nitrogens with zero attached hydrogens (tertiary/aromatic N) is 1. The van der Waals surface area contributed by atoms with Crippen molar-refractivity contribution >= 4 is 31.5 Å². The summed E-state index contributed by atoms with van der Waals surface area (Å²) in [5.74, 6) is 0.905. The quantitative estimate of drug-likeness (QED) is 0.620. The highest BCUT2D eigenvalue weighted by Crippen LogP contribution is 2.34. The van der Waals surface area contributed by atoms with E-state index in [9.17, 15) is 0 Å². The highest BCUT2D eigenvalue weighted by atomic mass is 32.1. The van der Waals surface area contributed by atoms with Crippen LogP contribution >= 0.6 is 11.3 Å². The summed E-state index contributed by atoms with van der Waals surface area (Å²) < 4.78 is 7.68. The van der Waals surface area contributed by atoms with Crippen LogP contribution in [0.1, 0.15) is 0 Å². The lowest BCUT2D eigenvalue weighted by Crippen LogP contribution is -1.79. The predicted molar refractivity (Wildman–Crippen MR) is 63.7 cm³/mol. The number of benzene rings is 1. The highest BCUT2D eigenvalue weighted by Gasteiger charge is 2.04. The van der Waals surface area contributed by atoms with Crippen LogP contribution in [-0.2, 0) is 0 Å². The number of fused-ring (bicyclic) bond motifs is 3. The molecule has 2 heterocycles. The summed E-state index contributed by atoms with van der Waals surface area (Å²) in [6.45, 7) is 0. The van der Waals surface area contributed by atoms with Gasteiger partial charge in [0.2, 0.25) is 0 Å². The summed E-state index contributed by atoms with van der Waals surface area (Å²) in [5.41, 5.74) is 0. The monoisotopic (exact) mass is 215 g/mol. The molecule has 0 saturated carbocycles. The topological polar surface area (TPSA) is 22.1 Å². The Morgan fingerprint density at radius 3 is 2.87 bits per heavy atom. The van der Waals surface area contributed by atoms with Crippen molar-refractivity contribution in [2.24, 2.45) is 0 Å². The number of pyridine rings is 1. The van der Waals surface area contributed by atoms with Gasteiger partial charge in [-0.1, -0.05) is 0 Å². The zero-order valence-electron chi connectivity index (χ0n) is 8.23. The van der Waals surface area contributed by atoms with E-state index in [0.717, 1.165) is 5.75 Å². The molecule has 0 radical (unpaired) electrons. The van der Waals surface area contributed by atoms with Gasteiger partial charge in [-0.05, 0) is 24.3 Å². The Hall–Kier alpha value is -1.61. The van der Waals surface area contributed by atoms with Crippen LogP contribution in [-0.4, -0.2) is 12.1 Å². The summed E-state index contributed by atoms with van der Waals surface area (Å²) >= 11 is 1.75. The van der Waals surface area contributed by atoms with Crippen LogP contribution in [0, 0.1) is 0 Å². The molecule has 0 unspecified atom stereocenters. The van der Waals surface area contributed by atoms with Crippen LogP contribution in [0.3, 0.4) is 0 Å². The molecule has 2 nitrogen and oxygen atoms in total. The molecule has 0 aliphatic rings. The van der Waals surface area contributed by atoms with Crippen molar-refractivity contribution in [2.45, 2.75) is 0 Å². The lowest BCUT2D eigenvalue weighted by Gasteiger charge is -1.97. The first kappa shape index (κ1) is 8.68. The molecule has 0 N–H and O–H groups in total. The second-order valence-electron chi connectivity index (χ2n) is 3.34. The van der Waals surface area contributed by atoms with Gasteiger partial charge >= 0.3 is 0 Å². The summed E-state index contributed by atoms with van der Waals surface area (Å²) in [6.07, 6.45) is 3.74. The van der Waals surface area contributed by atoms with Crippen molar-refractivity contribution in [1.82, 2.24) is 4.98 Å². The molecule has 74 valence electrons. The Morgan fingerprint density at radius 1 is 1.13 bits per heavy atom. The summed E-state index contributed by atoms with van der Waals surface area (Å²) in [6, 6.07) is 8.22. The number of methoxy groups -OCH3 is 1. The molecule has 3 heteroatoms. The largest absolute Gasteiger partial charge is 0.497 e. The molecule has 0 aliphatic heterocycles. The summed E-state index contributed by atoms with van der Waals surface area (Å²) in [5, 5.41) is 2.55. The SMILES string of the molecule is COc1ccc2c(c1)sc1cnccc12. The minimum absolute atomic E-state index is 0.905. The van der Waals surface area contributed by atoms with Gasteiger partial charge in [0.05, 0.1) is 11.8 Å². The van der Waals surface area contributed by atoms with E-state index in [2.05, 4.69) is 23.2 Å². The van der Waals surface area contributed by atoms with Crippen molar-refractivity contribution in [3.63, 3.8) is 0 Å². The Bertz CT molecular complexity index is 630. The molecule has 3 rings (SSSR count). The van der Waals surface area contributed by atoms with Crippen molar-refractivity contribution in [1.29, 1.82) is 0 Å². The molecule has 0 saturated heterocycles. The minimum Gasteiger partial charge on any atom is -0.497 e. The number of aromatic nitrogens is 1. The molecule has 3 aromatic rings. The third-order valence-electron chi connectivity index (χ3n) is 2.48. The van der Waals surface area contributed by atoms with Crippen LogP contribution in [0.5, 0.6) is 5.75 Å². The van der Waals surface area contributed by atoms with E-state index >= 15 is 0 Å². The maximum absolute atomic E-state index is 5.21. The first-order valence-corrected chi connectivity index (χ1v) is 5.50. The number of hydrogen-bond donors (Lipinski definition) is 0. The molecular formula is C12H9NOS. The van der Waals surface area contributed by atoms with E-state index in [4.69, 9.17) is 4.74 Å². The van der Waals surface area contributed by atoms with Gasteiger partial charge in [0, 0.05) is 27.9 Å².